The second kappa shape index (κ2) is 6.60. The lowest BCUT2D eigenvalue weighted by molar-refractivity contribution is 0.295. The molecule has 3 aromatic rings. The van der Waals surface area contributed by atoms with Crippen LogP contribution in [0.1, 0.15) is 13.3 Å². The van der Waals surface area contributed by atoms with Crippen molar-refractivity contribution in [3.05, 3.63) is 36.4 Å². The molecule has 1 N–H and O–H groups in total. The van der Waals surface area contributed by atoms with Gasteiger partial charge in [0.2, 0.25) is 0 Å². The minimum atomic E-state index is 0.626. The Morgan fingerprint density at radius 3 is 2.70 bits per heavy atom. The first kappa shape index (κ1) is 15.2. The van der Waals surface area contributed by atoms with Crippen LogP contribution in [0.4, 0.5) is 0 Å². The topological polar surface area (TPSA) is 56.4 Å². The molecule has 3 rings (SSSR count). The number of ether oxygens (including phenoxy) is 3. The monoisotopic (exact) mass is 312 g/mol. The summed E-state index contributed by atoms with van der Waals surface area (Å²) in [6, 6.07) is 11.6. The molecule has 0 unspecified atom stereocenters. The smallest absolute Gasteiger partial charge is 0.172 e. The average molecular weight is 312 g/mol. The Morgan fingerprint density at radius 1 is 1.09 bits per heavy atom. The van der Waals surface area contributed by atoms with Crippen molar-refractivity contribution in [1.82, 2.24) is 9.97 Å². The van der Waals surface area contributed by atoms with E-state index in [1.807, 2.05) is 36.4 Å². The van der Waals surface area contributed by atoms with Gasteiger partial charge in [-0.2, -0.15) is 0 Å². The van der Waals surface area contributed by atoms with E-state index < -0.39 is 0 Å². The number of H-pyrrole nitrogens is 1. The molecule has 2 aromatic carbocycles. The second-order valence-electron chi connectivity index (χ2n) is 5.15. The fourth-order valence-corrected chi connectivity index (χ4v) is 2.46. The van der Waals surface area contributed by atoms with Crippen LogP contribution < -0.4 is 14.2 Å². The zero-order valence-electron chi connectivity index (χ0n) is 13.6. The highest BCUT2D eigenvalue weighted by Crippen LogP contribution is 2.37. The third-order valence-corrected chi connectivity index (χ3v) is 3.59. The van der Waals surface area contributed by atoms with Crippen LogP contribution in [0, 0.1) is 0 Å². The minimum Gasteiger partial charge on any atom is -0.497 e. The highest BCUT2D eigenvalue weighted by atomic mass is 16.5. The van der Waals surface area contributed by atoms with Crippen molar-refractivity contribution < 1.29 is 14.2 Å². The number of imidazole rings is 1. The summed E-state index contributed by atoms with van der Waals surface area (Å²) >= 11 is 0. The van der Waals surface area contributed by atoms with Crippen LogP contribution in [-0.4, -0.2) is 30.8 Å². The van der Waals surface area contributed by atoms with Gasteiger partial charge in [-0.05, 0) is 30.7 Å². The van der Waals surface area contributed by atoms with E-state index in [9.17, 15) is 0 Å². The normalized spacial score (nSPS) is 10.7. The Bertz CT molecular complexity index is 811. The van der Waals surface area contributed by atoms with E-state index in [4.69, 9.17) is 14.2 Å². The van der Waals surface area contributed by atoms with E-state index in [0.29, 0.717) is 18.1 Å². The molecule has 0 saturated carbocycles. The second-order valence-corrected chi connectivity index (χ2v) is 5.15. The lowest BCUT2D eigenvalue weighted by Crippen LogP contribution is -2.00. The summed E-state index contributed by atoms with van der Waals surface area (Å²) in [6.45, 7) is 2.70. The van der Waals surface area contributed by atoms with Gasteiger partial charge in [-0.15, -0.1) is 0 Å². The van der Waals surface area contributed by atoms with E-state index in [1.165, 1.54) is 0 Å². The standard InChI is InChI=1S/C18H20N2O3/c1-4-10-23-17-13(6-5-7-16(17)22-3)18-19-14-9-8-12(21-2)11-15(14)20-18/h5-9,11H,4,10H2,1-3H3,(H,19,20). The van der Waals surface area contributed by atoms with Crippen molar-refractivity contribution >= 4 is 11.0 Å². The Labute approximate surface area is 135 Å². The van der Waals surface area contributed by atoms with Gasteiger partial charge >= 0.3 is 0 Å². The predicted octanol–water partition coefficient (Wildman–Crippen LogP) is 4.04. The zero-order chi connectivity index (χ0) is 16.2. The third kappa shape index (κ3) is 2.95. The number of para-hydroxylation sites is 1. The molecule has 5 nitrogen and oxygen atoms in total. The largest absolute Gasteiger partial charge is 0.497 e. The number of nitrogens with one attached hydrogen (secondary N) is 1. The molecular weight excluding hydrogens is 292 g/mol. The maximum Gasteiger partial charge on any atom is 0.172 e. The molecule has 0 radical (unpaired) electrons. The van der Waals surface area contributed by atoms with Gasteiger partial charge in [0, 0.05) is 6.07 Å². The van der Waals surface area contributed by atoms with Crippen molar-refractivity contribution in [3.8, 4) is 28.6 Å². The van der Waals surface area contributed by atoms with Crippen LogP contribution in [0.5, 0.6) is 17.2 Å². The van der Waals surface area contributed by atoms with Gasteiger partial charge in [0.05, 0.1) is 37.4 Å². The fourth-order valence-electron chi connectivity index (χ4n) is 2.46. The summed E-state index contributed by atoms with van der Waals surface area (Å²) in [5.41, 5.74) is 2.68. The Balaban J connectivity index is 2.10. The maximum absolute atomic E-state index is 5.89. The molecule has 0 fully saturated rings. The molecule has 0 bridgehead atoms. The molecule has 0 aliphatic rings. The van der Waals surface area contributed by atoms with Gasteiger partial charge in [-0.3, -0.25) is 0 Å². The van der Waals surface area contributed by atoms with Crippen LogP contribution >= 0.6 is 0 Å². The highest BCUT2D eigenvalue weighted by molar-refractivity contribution is 5.82. The number of nitrogens with zero attached hydrogens (tertiary/aromatic N) is 1. The third-order valence-electron chi connectivity index (χ3n) is 3.59. The lowest BCUT2D eigenvalue weighted by Gasteiger charge is -2.13. The number of hydrogen-bond acceptors (Lipinski definition) is 4. The summed E-state index contributed by atoms with van der Waals surface area (Å²) in [6.07, 6.45) is 0.925. The van der Waals surface area contributed by atoms with Crippen molar-refractivity contribution in [2.24, 2.45) is 0 Å². The van der Waals surface area contributed by atoms with Gasteiger partial charge in [-0.1, -0.05) is 13.0 Å². The molecule has 120 valence electrons. The van der Waals surface area contributed by atoms with Crippen molar-refractivity contribution in [2.75, 3.05) is 20.8 Å². The van der Waals surface area contributed by atoms with E-state index in [0.717, 1.165) is 34.6 Å². The lowest BCUT2D eigenvalue weighted by atomic mass is 10.1. The first-order valence-electron chi connectivity index (χ1n) is 7.60. The Kier molecular flexibility index (Phi) is 4.37. The van der Waals surface area contributed by atoms with Crippen molar-refractivity contribution in [1.29, 1.82) is 0 Å². The number of aromatic nitrogens is 2. The number of rotatable bonds is 6. The summed E-state index contributed by atoms with van der Waals surface area (Å²) in [5, 5.41) is 0. The fraction of sp³-hybridized carbons (Fsp3) is 0.278. The number of aromatic amines is 1. The number of methoxy groups -OCH3 is 2. The Hall–Kier alpha value is -2.69. The molecule has 23 heavy (non-hydrogen) atoms. The van der Waals surface area contributed by atoms with Crippen LogP contribution in [0.15, 0.2) is 36.4 Å². The number of benzene rings is 2. The van der Waals surface area contributed by atoms with Crippen LogP contribution in [0.25, 0.3) is 22.4 Å². The van der Waals surface area contributed by atoms with Crippen LogP contribution in [0.2, 0.25) is 0 Å². The molecule has 1 heterocycles. The van der Waals surface area contributed by atoms with Gasteiger partial charge in [0.15, 0.2) is 11.5 Å². The zero-order valence-corrected chi connectivity index (χ0v) is 13.6. The quantitative estimate of drug-likeness (QED) is 0.746. The first-order valence-corrected chi connectivity index (χ1v) is 7.60. The molecule has 0 atom stereocenters. The SMILES string of the molecule is CCCOc1c(OC)cccc1-c1nc2ccc(OC)cc2[nH]1. The van der Waals surface area contributed by atoms with Gasteiger partial charge in [0.1, 0.15) is 11.6 Å². The molecule has 0 aliphatic carbocycles. The average Bonchev–Trinajstić information content (AvgIpc) is 3.02. The highest BCUT2D eigenvalue weighted by Gasteiger charge is 2.15. The van der Waals surface area contributed by atoms with Gasteiger partial charge < -0.3 is 19.2 Å². The van der Waals surface area contributed by atoms with E-state index in [-0.39, 0.29) is 0 Å². The molecule has 5 heteroatoms. The van der Waals surface area contributed by atoms with E-state index in [1.54, 1.807) is 14.2 Å². The van der Waals surface area contributed by atoms with Gasteiger partial charge in [0.25, 0.3) is 0 Å². The first-order chi connectivity index (χ1) is 11.3. The van der Waals surface area contributed by atoms with Gasteiger partial charge in [-0.25, -0.2) is 4.98 Å². The van der Waals surface area contributed by atoms with E-state index >= 15 is 0 Å². The summed E-state index contributed by atoms with van der Waals surface area (Å²) in [4.78, 5) is 7.98. The van der Waals surface area contributed by atoms with Crippen molar-refractivity contribution in [3.63, 3.8) is 0 Å². The molecule has 0 spiro atoms. The molecule has 1 aromatic heterocycles. The minimum absolute atomic E-state index is 0.626. The summed E-state index contributed by atoms with van der Waals surface area (Å²) < 4.78 is 16.6. The molecular formula is C18H20N2O3. The number of hydrogen-bond donors (Lipinski definition) is 1. The molecule has 0 amide bonds. The summed E-state index contributed by atoms with van der Waals surface area (Å²) in [7, 11) is 3.29. The predicted molar refractivity (Wildman–Crippen MR) is 90.4 cm³/mol. The summed E-state index contributed by atoms with van der Waals surface area (Å²) in [5.74, 6) is 2.95. The molecule has 0 aliphatic heterocycles. The Morgan fingerprint density at radius 2 is 1.96 bits per heavy atom. The van der Waals surface area contributed by atoms with Crippen molar-refractivity contribution in [2.45, 2.75) is 13.3 Å². The van der Waals surface area contributed by atoms with Crippen LogP contribution in [0.3, 0.4) is 0 Å². The molecule has 0 saturated heterocycles. The van der Waals surface area contributed by atoms with E-state index in [2.05, 4.69) is 16.9 Å². The number of fused-ring (bicyclic) bond motifs is 1. The maximum atomic E-state index is 5.89. The van der Waals surface area contributed by atoms with Crippen LogP contribution in [-0.2, 0) is 0 Å².